The van der Waals surface area contributed by atoms with Crippen molar-refractivity contribution in [1.29, 1.82) is 0 Å². The van der Waals surface area contributed by atoms with Crippen molar-refractivity contribution < 1.29 is 0 Å². The summed E-state index contributed by atoms with van der Waals surface area (Å²) >= 11 is 1.75. The summed E-state index contributed by atoms with van der Waals surface area (Å²) in [5.74, 6) is 0. The Morgan fingerprint density at radius 2 is 1.91 bits per heavy atom. The smallest absolute Gasteiger partial charge is 0.0721 e. The van der Waals surface area contributed by atoms with Gasteiger partial charge in [0.1, 0.15) is 0 Å². The van der Waals surface area contributed by atoms with Crippen molar-refractivity contribution in [2.45, 2.75) is 31.2 Å². The molecule has 0 atom stereocenters. The fourth-order valence-electron chi connectivity index (χ4n) is 0.932. The number of thioether (sulfide) groups is 1. The Balaban J connectivity index is 2.89. The first kappa shape index (κ1) is 8.72. The van der Waals surface area contributed by atoms with Crippen molar-refractivity contribution in [3.05, 3.63) is 17.8 Å². The fraction of sp³-hybridized carbons (Fsp3) is 0.556. The summed E-state index contributed by atoms with van der Waals surface area (Å²) in [6.07, 6.45) is 2.08. The minimum Gasteiger partial charge on any atom is -0.353 e. The number of hydrogen-bond acceptors (Lipinski definition) is 1. The largest absolute Gasteiger partial charge is 0.353 e. The zero-order valence-corrected chi connectivity index (χ0v) is 8.38. The van der Waals surface area contributed by atoms with Gasteiger partial charge in [0.05, 0.1) is 5.03 Å². The number of rotatable bonds is 1. The van der Waals surface area contributed by atoms with Crippen LogP contribution in [-0.2, 0) is 5.41 Å². The van der Waals surface area contributed by atoms with Gasteiger partial charge in [0.15, 0.2) is 0 Å². The molecule has 0 bridgehead atoms. The van der Waals surface area contributed by atoms with Crippen LogP contribution < -0.4 is 0 Å². The van der Waals surface area contributed by atoms with Gasteiger partial charge in [-0.1, -0.05) is 20.8 Å². The number of nitrogens with one attached hydrogen (secondary N) is 1. The van der Waals surface area contributed by atoms with Crippen molar-refractivity contribution in [3.63, 3.8) is 0 Å². The standard InChI is InChI=1S/C9H15NS/c1-9(2,3)7-5-6-8(10-7)11-4/h5-6,10H,1-4H3. The lowest BCUT2D eigenvalue weighted by molar-refractivity contribution is 0.569. The van der Waals surface area contributed by atoms with E-state index in [0.717, 1.165) is 0 Å². The van der Waals surface area contributed by atoms with Crippen LogP contribution in [0.5, 0.6) is 0 Å². The van der Waals surface area contributed by atoms with Gasteiger partial charge in [-0.25, -0.2) is 0 Å². The van der Waals surface area contributed by atoms with E-state index in [9.17, 15) is 0 Å². The molecule has 1 nitrogen and oxygen atoms in total. The van der Waals surface area contributed by atoms with Crippen molar-refractivity contribution in [3.8, 4) is 0 Å². The van der Waals surface area contributed by atoms with Crippen LogP contribution in [0.2, 0.25) is 0 Å². The summed E-state index contributed by atoms with van der Waals surface area (Å²) in [5.41, 5.74) is 1.55. The molecule has 0 amide bonds. The Hall–Kier alpha value is -0.370. The van der Waals surface area contributed by atoms with Crippen molar-refractivity contribution in [2.24, 2.45) is 0 Å². The van der Waals surface area contributed by atoms with Gasteiger partial charge >= 0.3 is 0 Å². The second-order valence-electron chi connectivity index (χ2n) is 3.69. The summed E-state index contributed by atoms with van der Waals surface area (Å²) in [6.45, 7) is 6.63. The zero-order valence-electron chi connectivity index (χ0n) is 7.56. The van der Waals surface area contributed by atoms with E-state index in [1.165, 1.54) is 10.7 Å². The van der Waals surface area contributed by atoms with Gasteiger partial charge in [-0.15, -0.1) is 11.8 Å². The molecule has 11 heavy (non-hydrogen) atoms. The third-order valence-electron chi connectivity index (χ3n) is 1.69. The quantitative estimate of drug-likeness (QED) is 0.639. The van der Waals surface area contributed by atoms with Gasteiger partial charge in [-0.05, 0) is 18.4 Å². The monoisotopic (exact) mass is 169 g/mol. The predicted molar refractivity (Wildman–Crippen MR) is 51.3 cm³/mol. The maximum atomic E-state index is 3.37. The molecule has 0 unspecified atom stereocenters. The van der Waals surface area contributed by atoms with Crippen LogP contribution in [0.15, 0.2) is 17.2 Å². The van der Waals surface area contributed by atoms with Crippen LogP contribution in [0.4, 0.5) is 0 Å². The van der Waals surface area contributed by atoms with Crippen LogP contribution in [0.25, 0.3) is 0 Å². The Kier molecular flexibility index (Phi) is 2.33. The Bertz CT molecular complexity index is 232. The van der Waals surface area contributed by atoms with Crippen LogP contribution in [0.3, 0.4) is 0 Å². The normalized spacial score (nSPS) is 12.0. The number of hydrogen-bond donors (Lipinski definition) is 1. The third-order valence-corrected chi connectivity index (χ3v) is 2.37. The third kappa shape index (κ3) is 2.03. The highest BCUT2D eigenvalue weighted by Crippen LogP contribution is 2.23. The van der Waals surface area contributed by atoms with Crippen molar-refractivity contribution >= 4 is 11.8 Å². The van der Waals surface area contributed by atoms with Gasteiger partial charge in [0, 0.05) is 11.1 Å². The summed E-state index contributed by atoms with van der Waals surface area (Å²) in [6, 6.07) is 4.29. The second-order valence-corrected chi connectivity index (χ2v) is 4.54. The Morgan fingerprint density at radius 1 is 1.27 bits per heavy atom. The average molecular weight is 169 g/mol. The Labute approximate surface area is 72.6 Å². The van der Waals surface area contributed by atoms with E-state index < -0.39 is 0 Å². The van der Waals surface area contributed by atoms with E-state index in [0.29, 0.717) is 0 Å². The van der Waals surface area contributed by atoms with E-state index in [1.54, 1.807) is 11.8 Å². The lowest BCUT2D eigenvalue weighted by Crippen LogP contribution is -2.11. The molecule has 62 valence electrons. The highest BCUT2D eigenvalue weighted by Gasteiger charge is 2.14. The molecule has 0 aliphatic heterocycles. The molecule has 0 radical (unpaired) electrons. The molecule has 0 saturated heterocycles. The predicted octanol–water partition coefficient (Wildman–Crippen LogP) is 3.03. The lowest BCUT2D eigenvalue weighted by atomic mass is 9.93. The summed E-state index contributed by atoms with van der Waals surface area (Å²) in [5, 5.41) is 1.25. The van der Waals surface area contributed by atoms with E-state index >= 15 is 0 Å². The fourth-order valence-corrected chi connectivity index (χ4v) is 1.35. The van der Waals surface area contributed by atoms with Gasteiger partial charge in [0.25, 0.3) is 0 Å². The molecule has 0 saturated carbocycles. The van der Waals surface area contributed by atoms with E-state index in [4.69, 9.17) is 0 Å². The van der Waals surface area contributed by atoms with Gasteiger partial charge in [-0.3, -0.25) is 0 Å². The number of aromatic amines is 1. The maximum absolute atomic E-state index is 3.37. The van der Waals surface area contributed by atoms with Crippen LogP contribution in [0.1, 0.15) is 26.5 Å². The van der Waals surface area contributed by atoms with Crippen molar-refractivity contribution in [2.75, 3.05) is 6.26 Å². The molecule has 1 aromatic heterocycles. The van der Waals surface area contributed by atoms with Gasteiger partial charge < -0.3 is 4.98 Å². The van der Waals surface area contributed by atoms with Gasteiger partial charge in [0.2, 0.25) is 0 Å². The molecule has 0 spiro atoms. The van der Waals surface area contributed by atoms with Crippen molar-refractivity contribution in [1.82, 2.24) is 4.98 Å². The van der Waals surface area contributed by atoms with Gasteiger partial charge in [-0.2, -0.15) is 0 Å². The highest BCUT2D eigenvalue weighted by molar-refractivity contribution is 7.98. The molecule has 0 fully saturated rings. The van der Waals surface area contributed by atoms with E-state index in [2.05, 4.69) is 44.1 Å². The Morgan fingerprint density at radius 3 is 2.18 bits per heavy atom. The van der Waals surface area contributed by atoms with Crippen LogP contribution >= 0.6 is 11.8 Å². The average Bonchev–Trinajstić information content (AvgIpc) is 2.32. The molecular weight excluding hydrogens is 154 g/mol. The maximum Gasteiger partial charge on any atom is 0.0721 e. The summed E-state index contributed by atoms with van der Waals surface area (Å²) in [4.78, 5) is 3.37. The molecule has 0 aromatic carbocycles. The molecule has 2 heteroatoms. The van der Waals surface area contributed by atoms with E-state index in [1.807, 2.05) is 0 Å². The molecule has 1 N–H and O–H groups in total. The lowest BCUT2D eigenvalue weighted by Gasteiger charge is -2.15. The summed E-state index contributed by atoms with van der Waals surface area (Å²) in [7, 11) is 0. The first-order chi connectivity index (χ1) is 5.04. The van der Waals surface area contributed by atoms with Crippen LogP contribution in [0, 0.1) is 0 Å². The summed E-state index contributed by atoms with van der Waals surface area (Å²) < 4.78 is 0. The number of H-pyrrole nitrogens is 1. The first-order valence-corrected chi connectivity index (χ1v) is 5.00. The molecule has 0 aliphatic rings. The molecule has 1 rings (SSSR count). The highest BCUT2D eigenvalue weighted by atomic mass is 32.2. The molecule has 1 heterocycles. The molecule has 1 aromatic rings. The first-order valence-electron chi connectivity index (χ1n) is 3.77. The SMILES string of the molecule is CSc1ccc(C(C)(C)C)[nH]1. The number of aromatic nitrogens is 1. The van der Waals surface area contributed by atoms with Crippen LogP contribution in [-0.4, -0.2) is 11.2 Å². The molecule has 0 aliphatic carbocycles. The van der Waals surface area contributed by atoms with E-state index in [-0.39, 0.29) is 5.41 Å². The second kappa shape index (κ2) is 2.94. The topological polar surface area (TPSA) is 15.8 Å². The minimum atomic E-state index is 0.244. The zero-order chi connectivity index (χ0) is 8.48. The minimum absolute atomic E-state index is 0.244. The molecular formula is C9H15NS.